The molecule has 1 atom stereocenters. The molecule has 7 heteroatoms. The summed E-state index contributed by atoms with van der Waals surface area (Å²) in [6, 6.07) is 10.6. The van der Waals surface area contributed by atoms with Crippen molar-refractivity contribution < 1.29 is 29.1 Å². The van der Waals surface area contributed by atoms with Crippen LogP contribution in [-0.4, -0.2) is 20.0 Å². The fourth-order valence-electron chi connectivity index (χ4n) is 2.36. The number of rotatable bonds is 5. The quantitative estimate of drug-likeness (QED) is 0.630. The molecular formula is C15H17O6P. The molecule has 118 valence electrons. The molecule has 1 unspecified atom stereocenters. The molecule has 6 nitrogen and oxygen atoms in total. The highest BCUT2D eigenvalue weighted by molar-refractivity contribution is 7.46. The van der Waals surface area contributed by atoms with E-state index in [-0.39, 0.29) is 23.2 Å². The van der Waals surface area contributed by atoms with Crippen molar-refractivity contribution in [2.75, 3.05) is 0 Å². The Balaban J connectivity index is 2.49. The molecule has 0 spiro atoms. The van der Waals surface area contributed by atoms with Crippen LogP contribution < -0.4 is 4.52 Å². The summed E-state index contributed by atoms with van der Waals surface area (Å²) in [5, 5.41) is 19.0. The second kappa shape index (κ2) is 6.40. The molecule has 2 aromatic carbocycles. The highest BCUT2D eigenvalue weighted by Gasteiger charge is 2.23. The van der Waals surface area contributed by atoms with Gasteiger partial charge in [-0.3, -0.25) is 9.79 Å². The van der Waals surface area contributed by atoms with Crippen LogP contribution >= 0.6 is 7.82 Å². The van der Waals surface area contributed by atoms with Gasteiger partial charge < -0.3 is 14.7 Å². The maximum absolute atomic E-state index is 11.1. The molecular weight excluding hydrogens is 307 g/mol. The Kier molecular flexibility index (Phi) is 4.76. The second-order valence-electron chi connectivity index (χ2n) is 4.86. The van der Waals surface area contributed by atoms with Crippen molar-refractivity contribution in [3.63, 3.8) is 0 Å². The van der Waals surface area contributed by atoms with Crippen LogP contribution in [0.2, 0.25) is 0 Å². The lowest BCUT2D eigenvalue weighted by Gasteiger charge is -2.20. The van der Waals surface area contributed by atoms with Crippen LogP contribution in [0.15, 0.2) is 42.5 Å². The molecule has 0 bridgehead atoms. The van der Waals surface area contributed by atoms with E-state index in [1.165, 1.54) is 30.3 Å². The molecule has 0 radical (unpaired) electrons. The van der Waals surface area contributed by atoms with E-state index < -0.39 is 7.82 Å². The molecule has 2 rings (SSSR count). The molecule has 0 saturated heterocycles. The van der Waals surface area contributed by atoms with Gasteiger partial charge in [0, 0.05) is 11.5 Å². The molecule has 4 N–H and O–H groups in total. The van der Waals surface area contributed by atoms with Gasteiger partial charge in [-0.25, -0.2) is 4.57 Å². The number of hydrogen-bond acceptors (Lipinski definition) is 4. The minimum Gasteiger partial charge on any atom is -0.508 e. The number of benzene rings is 2. The van der Waals surface area contributed by atoms with E-state index >= 15 is 0 Å². The fraction of sp³-hybridized carbons (Fsp3) is 0.200. The summed E-state index contributed by atoms with van der Waals surface area (Å²) in [4.78, 5) is 18.0. The Labute approximate surface area is 127 Å². The minimum atomic E-state index is -4.70. The first-order chi connectivity index (χ1) is 10.3. The average molecular weight is 324 g/mol. The van der Waals surface area contributed by atoms with Crippen molar-refractivity contribution in [1.82, 2.24) is 0 Å². The average Bonchev–Trinajstić information content (AvgIpc) is 2.43. The van der Waals surface area contributed by atoms with Crippen LogP contribution in [0.4, 0.5) is 0 Å². The highest BCUT2D eigenvalue weighted by Crippen LogP contribution is 2.44. The Morgan fingerprint density at radius 1 is 1.05 bits per heavy atom. The Morgan fingerprint density at radius 3 is 2.18 bits per heavy atom. The summed E-state index contributed by atoms with van der Waals surface area (Å²) < 4.78 is 15.8. The molecule has 0 amide bonds. The van der Waals surface area contributed by atoms with Crippen LogP contribution in [0, 0.1) is 0 Å². The molecule has 2 aromatic rings. The van der Waals surface area contributed by atoms with E-state index in [0.717, 1.165) is 5.56 Å². The monoisotopic (exact) mass is 324 g/mol. The smallest absolute Gasteiger partial charge is 0.508 e. The molecule has 0 heterocycles. The van der Waals surface area contributed by atoms with Crippen molar-refractivity contribution >= 4 is 7.82 Å². The van der Waals surface area contributed by atoms with Gasteiger partial charge >= 0.3 is 7.82 Å². The Bertz CT molecular complexity index is 692. The third-order valence-electron chi connectivity index (χ3n) is 3.29. The molecule has 0 aliphatic rings. The van der Waals surface area contributed by atoms with Gasteiger partial charge in [-0.1, -0.05) is 19.1 Å². The van der Waals surface area contributed by atoms with Crippen molar-refractivity contribution in [3.05, 3.63) is 53.6 Å². The molecule has 0 saturated carbocycles. The maximum Gasteiger partial charge on any atom is 0.524 e. The standard InChI is InChI=1S/C15H17O6P/c1-2-13(10-3-5-11(16)6-4-10)14-9-12(17)7-8-15(14)21-22(18,19)20/h3-9,13,16-17H,2H2,1H3,(H2,18,19,20). The number of aromatic hydroxyl groups is 2. The lowest BCUT2D eigenvalue weighted by molar-refractivity contribution is 0.281. The van der Waals surface area contributed by atoms with E-state index in [9.17, 15) is 14.8 Å². The number of phenols is 2. The first-order valence-corrected chi connectivity index (χ1v) is 8.20. The van der Waals surface area contributed by atoms with E-state index in [1.54, 1.807) is 12.1 Å². The van der Waals surface area contributed by atoms with Crippen molar-refractivity contribution in [3.8, 4) is 17.2 Å². The molecule has 0 aliphatic heterocycles. The predicted molar refractivity (Wildman–Crippen MR) is 81.0 cm³/mol. The van der Waals surface area contributed by atoms with E-state index in [0.29, 0.717) is 12.0 Å². The maximum atomic E-state index is 11.1. The van der Waals surface area contributed by atoms with Crippen LogP contribution in [-0.2, 0) is 4.57 Å². The molecule has 0 fully saturated rings. The van der Waals surface area contributed by atoms with E-state index in [1.807, 2.05) is 6.92 Å². The molecule has 0 aromatic heterocycles. The van der Waals surface area contributed by atoms with Crippen LogP contribution in [0.3, 0.4) is 0 Å². The van der Waals surface area contributed by atoms with Crippen LogP contribution in [0.25, 0.3) is 0 Å². The molecule has 22 heavy (non-hydrogen) atoms. The van der Waals surface area contributed by atoms with Crippen molar-refractivity contribution in [1.29, 1.82) is 0 Å². The van der Waals surface area contributed by atoms with Gasteiger partial charge in [-0.05, 0) is 42.3 Å². The first-order valence-electron chi connectivity index (χ1n) is 6.67. The van der Waals surface area contributed by atoms with Gasteiger partial charge in [-0.2, -0.15) is 0 Å². The summed E-state index contributed by atoms with van der Waals surface area (Å²) in [7, 11) is -4.70. The summed E-state index contributed by atoms with van der Waals surface area (Å²) in [5.74, 6) is -0.119. The second-order valence-corrected chi connectivity index (χ2v) is 6.02. The SMILES string of the molecule is CCC(c1ccc(O)cc1)c1cc(O)ccc1OP(=O)(O)O. The van der Waals surface area contributed by atoms with Gasteiger partial charge in [0.1, 0.15) is 17.2 Å². The van der Waals surface area contributed by atoms with E-state index in [4.69, 9.17) is 14.3 Å². The Hall–Kier alpha value is -2.01. The van der Waals surface area contributed by atoms with Gasteiger partial charge in [-0.15, -0.1) is 0 Å². The van der Waals surface area contributed by atoms with Gasteiger partial charge in [0.2, 0.25) is 0 Å². The number of phosphoric ester groups is 1. The van der Waals surface area contributed by atoms with Gasteiger partial charge in [0.15, 0.2) is 0 Å². The number of hydrogen-bond donors (Lipinski definition) is 4. The first kappa shape index (κ1) is 16.4. The zero-order valence-corrected chi connectivity index (χ0v) is 12.8. The number of phenolic OH excluding ortho intramolecular Hbond substituents is 2. The van der Waals surface area contributed by atoms with E-state index in [2.05, 4.69) is 0 Å². The largest absolute Gasteiger partial charge is 0.524 e. The third kappa shape index (κ3) is 4.01. The summed E-state index contributed by atoms with van der Waals surface area (Å²) in [6.45, 7) is 1.91. The van der Waals surface area contributed by atoms with Crippen molar-refractivity contribution in [2.45, 2.75) is 19.3 Å². The van der Waals surface area contributed by atoms with Crippen LogP contribution in [0.1, 0.15) is 30.4 Å². The van der Waals surface area contributed by atoms with Gasteiger partial charge in [0.25, 0.3) is 0 Å². The normalized spacial score (nSPS) is 12.9. The summed E-state index contributed by atoms with van der Waals surface area (Å²) in [5.41, 5.74) is 1.30. The number of phosphoric acid groups is 1. The predicted octanol–water partition coefficient (Wildman–Crippen LogP) is 3.11. The topological polar surface area (TPSA) is 107 Å². The fourth-order valence-corrected chi connectivity index (χ4v) is 2.78. The van der Waals surface area contributed by atoms with Gasteiger partial charge in [0.05, 0.1) is 0 Å². The zero-order valence-electron chi connectivity index (χ0n) is 11.9. The summed E-state index contributed by atoms with van der Waals surface area (Å²) >= 11 is 0. The summed E-state index contributed by atoms with van der Waals surface area (Å²) in [6.07, 6.45) is 0.617. The lowest BCUT2D eigenvalue weighted by atomic mass is 9.88. The van der Waals surface area contributed by atoms with Crippen molar-refractivity contribution in [2.24, 2.45) is 0 Å². The zero-order chi connectivity index (χ0) is 16.3. The Morgan fingerprint density at radius 2 is 1.64 bits per heavy atom. The minimum absolute atomic E-state index is 0.0195. The molecule has 0 aliphatic carbocycles. The van der Waals surface area contributed by atoms with Crippen LogP contribution in [0.5, 0.6) is 17.2 Å². The third-order valence-corrected chi connectivity index (χ3v) is 3.72. The highest BCUT2D eigenvalue weighted by atomic mass is 31.2. The lowest BCUT2D eigenvalue weighted by Crippen LogP contribution is -2.03.